The van der Waals surface area contributed by atoms with E-state index in [-0.39, 0.29) is 51.1 Å². The Hall–Kier alpha value is -4.16. The summed E-state index contributed by atoms with van der Waals surface area (Å²) in [4.78, 5) is 30.1. The monoisotopic (exact) mass is 775 g/mol. The molecule has 2 atom stereocenters. The molecule has 2 amide bonds. The minimum absolute atomic E-state index is 0.00582. The van der Waals surface area contributed by atoms with Crippen LogP contribution in [0.4, 0.5) is 5.69 Å². The summed E-state index contributed by atoms with van der Waals surface area (Å²) in [6.07, 6.45) is 0.787. The van der Waals surface area contributed by atoms with Crippen LogP contribution in [-0.4, -0.2) is 65.1 Å². The molecule has 14 heteroatoms. The number of nitrogens with zero attached hydrogens (tertiary/aromatic N) is 2. The fraction of sp³-hybridized carbons (Fsp3) is 0.297. The molecule has 0 spiro atoms. The fourth-order valence-electron chi connectivity index (χ4n) is 5.31. The molecule has 0 unspecified atom stereocenters. The van der Waals surface area contributed by atoms with Crippen LogP contribution in [0.5, 0.6) is 17.2 Å². The number of carbonyl (C=O) groups excluding carboxylic acids is 2. The van der Waals surface area contributed by atoms with Gasteiger partial charge in [-0.1, -0.05) is 78.1 Å². The van der Waals surface area contributed by atoms with E-state index in [2.05, 4.69) is 5.32 Å². The lowest BCUT2D eigenvalue weighted by Gasteiger charge is -2.34. The third-order valence-corrected chi connectivity index (χ3v) is 11.0. The molecule has 0 aromatic heterocycles. The highest BCUT2D eigenvalue weighted by atomic mass is 35.5. The predicted octanol–water partition coefficient (Wildman–Crippen LogP) is 7.42. The van der Waals surface area contributed by atoms with Gasteiger partial charge in [-0.2, -0.15) is 0 Å². The molecule has 272 valence electrons. The van der Waals surface area contributed by atoms with Crippen molar-refractivity contribution in [3.8, 4) is 17.2 Å². The molecular formula is C37H40Cl3N3O7S. The van der Waals surface area contributed by atoms with E-state index in [4.69, 9.17) is 49.0 Å². The van der Waals surface area contributed by atoms with Crippen LogP contribution in [0.25, 0.3) is 0 Å². The van der Waals surface area contributed by atoms with E-state index in [1.807, 2.05) is 44.2 Å². The number of halogens is 3. The summed E-state index contributed by atoms with van der Waals surface area (Å²) in [5.74, 6) is -0.483. The van der Waals surface area contributed by atoms with Crippen LogP contribution in [0.3, 0.4) is 0 Å². The Labute approximate surface area is 314 Å². The molecular weight excluding hydrogens is 737 g/mol. The fourth-order valence-corrected chi connectivity index (χ4v) is 7.22. The van der Waals surface area contributed by atoms with Crippen molar-refractivity contribution < 1.29 is 32.2 Å². The van der Waals surface area contributed by atoms with Crippen LogP contribution in [-0.2, 0) is 32.6 Å². The van der Waals surface area contributed by atoms with Gasteiger partial charge in [-0.3, -0.25) is 13.9 Å². The summed E-state index contributed by atoms with van der Waals surface area (Å²) in [6.45, 7) is 2.96. The number of nitrogens with one attached hydrogen (secondary N) is 1. The number of hydrogen-bond donors (Lipinski definition) is 1. The van der Waals surface area contributed by atoms with E-state index in [1.54, 1.807) is 24.3 Å². The zero-order valence-corrected chi connectivity index (χ0v) is 31.9. The highest BCUT2D eigenvalue weighted by Crippen LogP contribution is 2.37. The molecule has 0 aliphatic rings. The maximum atomic E-state index is 14.8. The van der Waals surface area contributed by atoms with E-state index < -0.39 is 34.4 Å². The summed E-state index contributed by atoms with van der Waals surface area (Å²) in [5, 5.41) is 3.78. The number of amides is 2. The molecule has 4 rings (SSSR count). The topological polar surface area (TPSA) is 114 Å². The Kier molecular flexibility index (Phi) is 13.9. The smallest absolute Gasteiger partial charge is 0.265 e. The van der Waals surface area contributed by atoms with Crippen LogP contribution >= 0.6 is 34.8 Å². The molecule has 0 fully saturated rings. The second-order valence-corrected chi connectivity index (χ2v) is 14.8. The first kappa shape index (κ1) is 39.6. The SMILES string of the molecule is CC[C@H](C)NC(=O)[C@@H](Cc1ccccc1)N(Cc1ccc(Cl)c(Cl)c1)C(=O)CN(c1cc(Cl)ccc1OC)S(=O)(=O)c1ccc(OC)c(OC)c1. The summed E-state index contributed by atoms with van der Waals surface area (Å²) in [5.41, 5.74) is 1.37. The van der Waals surface area contributed by atoms with Gasteiger partial charge in [0.1, 0.15) is 18.3 Å². The van der Waals surface area contributed by atoms with E-state index in [0.717, 1.165) is 9.87 Å². The third-order valence-electron chi connectivity index (χ3n) is 8.24. The van der Waals surface area contributed by atoms with Crippen molar-refractivity contribution in [2.75, 3.05) is 32.2 Å². The number of methoxy groups -OCH3 is 3. The molecule has 0 saturated heterocycles. The van der Waals surface area contributed by atoms with Crippen LogP contribution < -0.4 is 23.8 Å². The Balaban J connectivity index is 1.90. The second-order valence-electron chi connectivity index (χ2n) is 11.6. The molecule has 10 nitrogen and oxygen atoms in total. The number of ether oxygens (including phenoxy) is 3. The van der Waals surface area contributed by atoms with Crippen molar-refractivity contribution in [2.24, 2.45) is 0 Å². The summed E-state index contributed by atoms with van der Waals surface area (Å²) >= 11 is 19.0. The van der Waals surface area contributed by atoms with Crippen LogP contribution in [0.2, 0.25) is 15.1 Å². The molecule has 51 heavy (non-hydrogen) atoms. The number of hydrogen-bond acceptors (Lipinski definition) is 7. The average molecular weight is 777 g/mol. The zero-order valence-electron chi connectivity index (χ0n) is 28.9. The maximum Gasteiger partial charge on any atom is 0.265 e. The molecule has 0 aliphatic carbocycles. The van der Waals surface area contributed by atoms with Crippen LogP contribution in [0.1, 0.15) is 31.4 Å². The largest absolute Gasteiger partial charge is 0.495 e. The van der Waals surface area contributed by atoms with Gasteiger partial charge in [0.05, 0.1) is 42.0 Å². The number of sulfonamides is 1. The minimum atomic E-state index is -4.53. The Morgan fingerprint density at radius 1 is 0.784 bits per heavy atom. The van der Waals surface area contributed by atoms with Crippen molar-refractivity contribution in [3.05, 3.63) is 111 Å². The number of anilines is 1. The first-order chi connectivity index (χ1) is 24.3. The number of rotatable bonds is 16. The van der Waals surface area contributed by atoms with Crippen molar-refractivity contribution in [1.29, 1.82) is 0 Å². The Bertz CT molecular complexity index is 1950. The van der Waals surface area contributed by atoms with E-state index >= 15 is 0 Å². The molecule has 0 bridgehead atoms. The molecule has 4 aromatic carbocycles. The number of benzene rings is 4. The summed E-state index contributed by atoms with van der Waals surface area (Å²) < 4.78 is 46.4. The van der Waals surface area contributed by atoms with Gasteiger partial charge in [-0.25, -0.2) is 8.42 Å². The first-order valence-electron chi connectivity index (χ1n) is 16.0. The van der Waals surface area contributed by atoms with Crippen molar-refractivity contribution in [1.82, 2.24) is 10.2 Å². The molecule has 1 N–H and O–H groups in total. The van der Waals surface area contributed by atoms with Gasteiger partial charge in [0.2, 0.25) is 11.8 Å². The predicted molar refractivity (Wildman–Crippen MR) is 201 cm³/mol. The zero-order chi connectivity index (χ0) is 37.3. The summed E-state index contributed by atoms with van der Waals surface area (Å²) in [6, 6.07) is 21.4. The van der Waals surface area contributed by atoms with Crippen LogP contribution in [0.15, 0.2) is 89.8 Å². The van der Waals surface area contributed by atoms with E-state index in [0.29, 0.717) is 22.8 Å². The highest BCUT2D eigenvalue weighted by Gasteiger charge is 2.36. The minimum Gasteiger partial charge on any atom is -0.495 e. The average Bonchev–Trinajstić information content (AvgIpc) is 3.13. The molecule has 0 radical (unpaired) electrons. The molecule has 0 saturated carbocycles. The molecule has 0 heterocycles. The Morgan fingerprint density at radius 3 is 2.08 bits per heavy atom. The molecule has 4 aromatic rings. The third kappa shape index (κ3) is 9.79. The van der Waals surface area contributed by atoms with Gasteiger partial charge in [0.25, 0.3) is 10.0 Å². The van der Waals surface area contributed by atoms with Gasteiger partial charge >= 0.3 is 0 Å². The van der Waals surface area contributed by atoms with Gasteiger partial charge in [-0.15, -0.1) is 0 Å². The van der Waals surface area contributed by atoms with Gasteiger partial charge in [-0.05, 0) is 66.9 Å². The lowest BCUT2D eigenvalue weighted by molar-refractivity contribution is -0.140. The van der Waals surface area contributed by atoms with E-state index in [9.17, 15) is 18.0 Å². The first-order valence-corrected chi connectivity index (χ1v) is 18.6. The van der Waals surface area contributed by atoms with Crippen LogP contribution in [0, 0.1) is 0 Å². The second kappa shape index (κ2) is 17.9. The lowest BCUT2D eigenvalue weighted by atomic mass is 10.0. The normalized spacial score (nSPS) is 12.4. The van der Waals surface area contributed by atoms with Crippen molar-refractivity contribution in [3.63, 3.8) is 0 Å². The lowest BCUT2D eigenvalue weighted by Crippen LogP contribution is -2.54. The summed E-state index contributed by atoms with van der Waals surface area (Å²) in [7, 11) is -0.341. The van der Waals surface area contributed by atoms with E-state index in [1.165, 1.54) is 56.6 Å². The quantitative estimate of drug-likeness (QED) is 0.126. The van der Waals surface area contributed by atoms with Gasteiger partial charge in [0, 0.05) is 30.1 Å². The standard InChI is InChI=1S/C37H40Cl3N3O7S/c1-6-24(2)41-37(45)32(19-25-10-8-7-9-11-25)42(22-26-12-15-29(39)30(40)18-26)36(44)23-43(31-20-27(38)13-16-33(31)48-3)51(46,47)28-14-17-34(49-4)35(21-28)50-5/h7-18,20-21,24,32H,6,19,22-23H2,1-5H3,(H,41,45)/t24-,32+/m0/s1. The van der Waals surface area contributed by atoms with Crippen molar-refractivity contribution >= 4 is 62.3 Å². The van der Waals surface area contributed by atoms with Gasteiger partial charge < -0.3 is 24.4 Å². The van der Waals surface area contributed by atoms with Crippen molar-refractivity contribution in [2.45, 2.75) is 50.2 Å². The number of carbonyl (C=O) groups is 2. The van der Waals surface area contributed by atoms with Gasteiger partial charge in [0.15, 0.2) is 11.5 Å². The Morgan fingerprint density at radius 2 is 1.45 bits per heavy atom. The maximum absolute atomic E-state index is 14.8. The highest BCUT2D eigenvalue weighted by molar-refractivity contribution is 7.92. The molecule has 0 aliphatic heterocycles.